The third-order valence-corrected chi connectivity index (χ3v) is 3.75. The van der Waals surface area contributed by atoms with Crippen LogP contribution in [0.5, 0.6) is 5.75 Å². The van der Waals surface area contributed by atoms with Gasteiger partial charge in [0.2, 0.25) is 0 Å². The maximum atomic E-state index is 12.1. The lowest BCUT2D eigenvalue weighted by Gasteiger charge is -2.19. The highest BCUT2D eigenvalue weighted by molar-refractivity contribution is 5.80. The van der Waals surface area contributed by atoms with E-state index in [4.69, 9.17) is 9.15 Å². The van der Waals surface area contributed by atoms with Gasteiger partial charge in [0.1, 0.15) is 11.5 Å². The number of rotatable bonds is 7. The van der Waals surface area contributed by atoms with Gasteiger partial charge in [0.05, 0.1) is 12.8 Å². The molecular formula is C18H23NO3. The van der Waals surface area contributed by atoms with Crippen LogP contribution >= 0.6 is 0 Å². The van der Waals surface area contributed by atoms with E-state index in [1.807, 2.05) is 24.3 Å². The predicted octanol–water partition coefficient (Wildman–Crippen LogP) is 3.88. The molecule has 4 nitrogen and oxygen atoms in total. The largest absolute Gasteiger partial charge is 0.481 e. The first-order chi connectivity index (χ1) is 10.6. The Kier molecular flexibility index (Phi) is 5.64. The summed E-state index contributed by atoms with van der Waals surface area (Å²) < 4.78 is 11.0. The van der Waals surface area contributed by atoms with E-state index >= 15 is 0 Å². The minimum atomic E-state index is -0.555. The van der Waals surface area contributed by atoms with Gasteiger partial charge in [-0.1, -0.05) is 32.0 Å². The minimum absolute atomic E-state index is 0.157. The van der Waals surface area contributed by atoms with Gasteiger partial charge in [-0.2, -0.15) is 0 Å². The first-order valence-corrected chi connectivity index (χ1v) is 7.67. The number of benzene rings is 1. The number of hydrogen-bond donors (Lipinski definition) is 1. The molecule has 2 aromatic rings. The average Bonchev–Trinajstić information content (AvgIpc) is 3.05. The highest BCUT2D eigenvalue weighted by Crippen LogP contribution is 2.29. The minimum Gasteiger partial charge on any atom is -0.481 e. The van der Waals surface area contributed by atoms with Crippen molar-refractivity contribution >= 4 is 5.91 Å². The second-order valence-corrected chi connectivity index (χ2v) is 5.40. The molecule has 0 radical (unpaired) electrons. The summed E-state index contributed by atoms with van der Waals surface area (Å²) in [5.74, 6) is 1.74. The van der Waals surface area contributed by atoms with E-state index in [9.17, 15) is 4.79 Å². The Morgan fingerprint density at radius 3 is 2.68 bits per heavy atom. The third kappa shape index (κ3) is 4.13. The Morgan fingerprint density at radius 2 is 2.00 bits per heavy atom. The molecule has 0 aliphatic carbocycles. The zero-order valence-electron chi connectivity index (χ0n) is 13.3. The van der Waals surface area contributed by atoms with E-state index in [1.165, 1.54) is 0 Å². The molecule has 4 heteroatoms. The van der Waals surface area contributed by atoms with Crippen molar-refractivity contribution in [3.8, 4) is 5.75 Å². The van der Waals surface area contributed by atoms with Crippen molar-refractivity contribution in [1.29, 1.82) is 0 Å². The molecule has 0 bridgehead atoms. The zero-order valence-corrected chi connectivity index (χ0v) is 13.3. The molecule has 2 unspecified atom stereocenters. The number of carbonyl (C=O) groups is 1. The number of hydrogen-bond acceptors (Lipinski definition) is 3. The van der Waals surface area contributed by atoms with Crippen molar-refractivity contribution in [2.24, 2.45) is 0 Å². The van der Waals surface area contributed by atoms with Gasteiger partial charge in [0, 0.05) is 0 Å². The molecule has 2 rings (SSSR count). The van der Waals surface area contributed by atoms with E-state index in [0.717, 1.165) is 23.5 Å². The van der Waals surface area contributed by atoms with E-state index in [1.54, 1.807) is 19.3 Å². The molecule has 0 spiro atoms. The van der Waals surface area contributed by atoms with Gasteiger partial charge < -0.3 is 14.5 Å². The smallest absolute Gasteiger partial charge is 0.261 e. The van der Waals surface area contributed by atoms with Crippen molar-refractivity contribution < 1.29 is 13.9 Å². The number of ether oxygens (including phenoxy) is 1. The van der Waals surface area contributed by atoms with Crippen molar-refractivity contribution in [1.82, 2.24) is 5.32 Å². The number of nitrogens with one attached hydrogen (secondary N) is 1. The average molecular weight is 301 g/mol. The van der Waals surface area contributed by atoms with Crippen LogP contribution in [0.3, 0.4) is 0 Å². The molecule has 2 atom stereocenters. The normalized spacial score (nSPS) is 13.4. The molecule has 0 aliphatic rings. The lowest BCUT2D eigenvalue weighted by molar-refractivity contribution is -0.127. The van der Waals surface area contributed by atoms with Crippen LogP contribution in [0, 0.1) is 0 Å². The van der Waals surface area contributed by atoms with Crippen molar-refractivity contribution in [2.45, 2.75) is 45.8 Å². The molecule has 0 fully saturated rings. The van der Waals surface area contributed by atoms with E-state index in [2.05, 4.69) is 25.2 Å². The molecule has 118 valence electrons. The maximum Gasteiger partial charge on any atom is 0.261 e. The summed E-state index contributed by atoms with van der Waals surface area (Å²) in [5, 5.41) is 2.81. The topological polar surface area (TPSA) is 51.5 Å². The molecule has 1 heterocycles. The molecule has 1 N–H and O–H groups in total. The Bertz CT molecular complexity index is 592. The van der Waals surface area contributed by atoms with E-state index in [0.29, 0.717) is 12.5 Å². The van der Waals surface area contributed by atoms with E-state index < -0.39 is 6.10 Å². The summed E-state index contributed by atoms with van der Waals surface area (Å²) in [6.45, 7) is 6.42. The fourth-order valence-electron chi connectivity index (χ4n) is 2.19. The van der Waals surface area contributed by atoms with Crippen molar-refractivity contribution in [2.75, 3.05) is 0 Å². The van der Waals surface area contributed by atoms with Crippen LogP contribution in [0.1, 0.15) is 44.4 Å². The molecule has 0 saturated carbocycles. The molecule has 0 aliphatic heterocycles. The number of furan rings is 1. The third-order valence-electron chi connectivity index (χ3n) is 3.75. The van der Waals surface area contributed by atoms with E-state index in [-0.39, 0.29) is 5.91 Å². The Morgan fingerprint density at radius 1 is 1.23 bits per heavy atom. The molecule has 1 aromatic carbocycles. The second-order valence-electron chi connectivity index (χ2n) is 5.40. The fraction of sp³-hybridized carbons (Fsp3) is 0.389. The zero-order chi connectivity index (χ0) is 15.9. The van der Waals surface area contributed by atoms with Crippen LogP contribution in [-0.2, 0) is 11.3 Å². The van der Waals surface area contributed by atoms with Gasteiger partial charge >= 0.3 is 0 Å². The lowest BCUT2D eigenvalue weighted by Crippen LogP contribution is -2.36. The molecule has 0 saturated heterocycles. The monoisotopic (exact) mass is 301 g/mol. The summed E-state index contributed by atoms with van der Waals surface area (Å²) in [5.41, 5.74) is 1.13. The molecule has 1 aromatic heterocycles. The van der Waals surface area contributed by atoms with Crippen LogP contribution in [0.15, 0.2) is 47.1 Å². The standard InChI is InChI=1S/C18H23NO3/c1-4-13(2)16-9-5-6-10-17(16)22-14(3)18(20)19-12-15-8-7-11-21-15/h5-11,13-14H,4,12H2,1-3H3,(H,19,20). The highest BCUT2D eigenvalue weighted by atomic mass is 16.5. The molecule has 22 heavy (non-hydrogen) atoms. The lowest BCUT2D eigenvalue weighted by atomic mass is 9.98. The Hall–Kier alpha value is -2.23. The Labute approximate surface area is 131 Å². The highest BCUT2D eigenvalue weighted by Gasteiger charge is 2.17. The van der Waals surface area contributed by atoms with Gasteiger partial charge in [-0.05, 0) is 43.0 Å². The van der Waals surface area contributed by atoms with Crippen LogP contribution in [0.25, 0.3) is 0 Å². The number of carbonyl (C=O) groups excluding carboxylic acids is 1. The molecular weight excluding hydrogens is 278 g/mol. The van der Waals surface area contributed by atoms with Gasteiger partial charge in [-0.25, -0.2) is 0 Å². The summed E-state index contributed by atoms with van der Waals surface area (Å²) in [6, 6.07) is 11.5. The SMILES string of the molecule is CCC(C)c1ccccc1OC(C)C(=O)NCc1ccco1. The van der Waals surface area contributed by atoms with Crippen LogP contribution in [-0.4, -0.2) is 12.0 Å². The van der Waals surface area contributed by atoms with Gasteiger partial charge in [-0.15, -0.1) is 0 Å². The molecule has 1 amide bonds. The fourth-order valence-corrected chi connectivity index (χ4v) is 2.19. The summed E-state index contributed by atoms with van der Waals surface area (Å²) in [4.78, 5) is 12.1. The van der Waals surface area contributed by atoms with Crippen molar-refractivity contribution in [3.05, 3.63) is 54.0 Å². The second kappa shape index (κ2) is 7.69. The first-order valence-electron chi connectivity index (χ1n) is 7.67. The van der Waals surface area contributed by atoms with Crippen LogP contribution in [0.4, 0.5) is 0 Å². The van der Waals surface area contributed by atoms with Gasteiger partial charge in [0.15, 0.2) is 6.10 Å². The summed E-state index contributed by atoms with van der Waals surface area (Å²) >= 11 is 0. The summed E-state index contributed by atoms with van der Waals surface area (Å²) in [6.07, 6.45) is 2.06. The first kappa shape index (κ1) is 16.1. The maximum absolute atomic E-state index is 12.1. The number of amides is 1. The van der Waals surface area contributed by atoms with Gasteiger partial charge in [0.25, 0.3) is 5.91 Å². The van der Waals surface area contributed by atoms with Gasteiger partial charge in [-0.3, -0.25) is 4.79 Å². The summed E-state index contributed by atoms with van der Waals surface area (Å²) in [7, 11) is 0. The van der Waals surface area contributed by atoms with Crippen LogP contribution < -0.4 is 10.1 Å². The predicted molar refractivity (Wildman–Crippen MR) is 85.8 cm³/mol. The number of para-hydroxylation sites is 1. The quantitative estimate of drug-likeness (QED) is 0.844. The van der Waals surface area contributed by atoms with Crippen LogP contribution in [0.2, 0.25) is 0 Å². The Balaban J connectivity index is 1.96. The van der Waals surface area contributed by atoms with Crippen molar-refractivity contribution in [3.63, 3.8) is 0 Å².